The monoisotopic (exact) mass is 260 g/mol. The number of rotatable bonds is 3. The molecule has 0 aromatic carbocycles. The van der Waals surface area contributed by atoms with Gasteiger partial charge in [0.1, 0.15) is 0 Å². The summed E-state index contributed by atoms with van der Waals surface area (Å²) in [5.74, 6) is 1.26. The largest absolute Gasteiger partial charge is 0.338 e. The molecule has 2 N–H and O–H groups in total. The van der Waals surface area contributed by atoms with Gasteiger partial charge in [0.25, 0.3) is 0 Å². The Morgan fingerprint density at radius 1 is 1.29 bits per heavy atom. The average molecular weight is 261 g/mol. The molecule has 0 atom stereocenters. The Balaban J connectivity index is 0.00000144. The lowest BCUT2D eigenvalue weighted by Crippen LogP contribution is -2.31. The number of halogens is 1. The second-order valence-corrected chi connectivity index (χ2v) is 5.07. The molecule has 0 radical (unpaired) electrons. The Hall–Kier alpha value is -0.650. The van der Waals surface area contributed by atoms with Gasteiger partial charge in [-0.1, -0.05) is 11.6 Å². The summed E-state index contributed by atoms with van der Waals surface area (Å²) in [4.78, 5) is 6.68. The van der Waals surface area contributed by atoms with Crippen LogP contribution in [0.4, 0.5) is 0 Å². The van der Waals surface area contributed by atoms with Crippen molar-refractivity contribution in [1.82, 2.24) is 15.0 Å². The van der Waals surface area contributed by atoms with Gasteiger partial charge in [0.15, 0.2) is 5.82 Å². The summed E-state index contributed by atoms with van der Waals surface area (Å²) in [6, 6.07) is 0. The third-order valence-electron chi connectivity index (χ3n) is 2.85. The van der Waals surface area contributed by atoms with Crippen LogP contribution in [0.2, 0.25) is 0 Å². The number of piperidine rings is 1. The maximum absolute atomic E-state index is 5.90. The number of likely N-dealkylation sites (tertiary alicyclic amines) is 1. The molecule has 0 bridgehead atoms. The number of aromatic nitrogens is 2. The fourth-order valence-electron chi connectivity index (χ4n) is 1.89. The van der Waals surface area contributed by atoms with Gasteiger partial charge in [-0.25, -0.2) is 0 Å². The van der Waals surface area contributed by atoms with Gasteiger partial charge < -0.3 is 10.3 Å². The highest BCUT2D eigenvalue weighted by Crippen LogP contribution is 2.15. The highest BCUT2D eigenvalue weighted by atomic mass is 35.5. The summed E-state index contributed by atoms with van der Waals surface area (Å²) in [5, 5.41) is 3.92. The molecule has 0 saturated carbocycles. The van der Waals surface area contributed by atoms with Crippen LogP contribution in [-0.4, -0.2) is 28.1 Å². The number of hydrogen-bond donors (Lipinski definition) is 1. The molecular formula is C11H21ClN4O. The fourth-order valence-corrected chi connectivity index (χ4v) is 1.89. The van der Waals surface area contributed by atoms with E-state index in [1.165, 1.54) is 19.3 Å². The van der Waals surface area contributed by atoms with Gasteiger partial charge in [-0.15, -0.1) is 12.4 Å². The Kier molecular flexibility index (Phi) is 4.91. The van der Waals surface area contributed by atoms with Crippen molar-refractivity contribution < 1.29 is 4.52 Å². The lowest BCUT2D eigenvalue weighted by molar-refractivity contribution is 0.193. The predicted octanol–water partition coefficient (Wildman–Crippen LogP) is 1.67. The summed E-state index contributed by atoms with van der Waals surface area (Å²) in [6.45, 7) is 6.77. The Bertz CT molecular complexity index is 341. The van der Waals surface area contributed by atoms with E-state index in [2.05, 4.69) is 15.0 Å². The van der Waals surface area contributed by atoms with Crippen molar-refractivity contribution in [3.63, 3.8) is 0 Å². The first-order valence-electron chi connectivity index (χ1n) is 5.90. The van der Waals surface area contributed by atoms with E-state index < -0.39 is 5.54 Å². The van der Waals surface area contributed by atoms with E-state index in [0.29, 0.717) is 11.7 Å². The van der Waals surface area contributed by atoms with Crippen LogP contribution < -0.4 is 5.73 Å². The number of hydrogen-bond acceptors (Lipinski definition) is 5. The smallest absolute Gasteiger partial charge is 0.240 e. The molecule has 1 aliphatic heterocycles. The van der Waals surface area contributed by atoms with Crippen molar-refractivity contribution in [2.24, 2.45) is 5.73 Å². The molecule has 17 heavy (non-hydrogen) atoms. The quantitative estimate of drug-likeness (QED) is 0.895. The minimum atomic E-state index is -0.524. The number of nitrogens with two attached hydrogens (primary N) is 1. The molecule has 1 aliphatic rings. The van der Waals surface area contributed by atoms with E-state index in [0.717, 1.165) is 19.6 Å². The van der Waals surface area contributed by atoms with Crippen LogP contribution in [0.5, 0.6) is 0 Å². The molecule has 98 valence electrons. The molecule has 2 rings (SSSR count). The highest BCUT2D eigenvalue weighted by Gasteiger charge is 2.22. The second-order valence-electron chi connectivity index (χ2n) is 5.07. The van der Waals surface area contributed by atoms with Crippen molar-refractivity contribution in [3.05, 3.63) is 11.7 Å². The topological polar surface area (TPSA) is 68.2 Å². The van der Waals surface area contributed by atoms with Crippen LogP contribution in [0.15, 0.2) is 4.52 Å². The van der Waals surface area contributed by atoms with Crippen LogP contribution >= 0.6 is 12.4 Å². The highest BCUT2D eigenvalue weighted by molar-refractivity contribution is 5.85. The molecule has 1 saturated heterocycles. The van der Waals surface area contributed by atoms with Crippen LogP contribution in [0.1, 0.15) is 44.8 Å². The van der Waals surface area contributed by atoms with Crippen LogP contribution in [0.25, 0.3) is 0 Å². The fraction of sp³-hybridized carbons (Fsp3) is 0.818. The Morgan fingerprint density at radius 2 is 1.94 bits per heavy atom. The van der Waals surface area contributed by atoms with Gasteiger partial charge in [-0.05, 0) is 39.8 Å². The molecule has 0 amide bonds. The minimum absolute atomic E-state index is 0. The van der Waals surface area contributed by atoms with Crippen molar-refractivity contribution in [1.29, 1.82) is 0 Å². The van der Waals surface area contributed by atoms with E-state index in [-0.39, 0.29) is 12.4 Å². The van der Waals surface area contributed by atoms with Crippen molar-refractivity contribution in [2.45, 2.75) is 45.2 Å². The third-order valence-corrected chi connectivity index (χ3v) is 2.85. The van der Waals surface area contributed by atoms with Gasteiger partial charge in [-0.3, -0.25) is 4.90 Å². The van der Waals surface area contributed by atoms with E-state index in [4.69, 9.17) is 10.3 Å². The summed E-state index contributed by atoms with van der Waals surface area (Å²) in [7, 11) is 0. The van der Waals surface area contributed by atoms with Gasteiger partial charge in [-0.2, -0.15) is 4.98 Å². The van der Waals surface area contributed by atoms with Gasteiger partial charge >= 0.3 is 0 Å². The van der Waals surface area contributed by atoms with Crippen LogP contribution in [-0.2, 0) is 12.1 Å². The lowest BCUT2D eigenvalue weighted by Gasteiger charge is -2.24. The molecule has 2 heterocycles. The Morgan fingerprint density at radius 3 is 2.47 bits per heavy atom. The van der Waals surface area contributed by atoms with E-state index >= 15 is 0 Å². The van der Waals surface area contributed by atoms with E-state index in [1.54, 1.807) is 0 Å². The molecule has 5 nitrogen and oxygen atoms in total. The third kappa shape index (κ3) is 3.94. The molecule has 0 spiro atoms. The predicted molar refractivity (Wildman–Crippen MR) is 67.9 cm³/mol. The summed E-state index contributed by atoms with van der Waals surface area (Å²) < 4.78 is 5.21. The molecule has 0 unspecified atom stereocenters. The average Bonchev–Trinajstić information content (AvgIpc) is 2.67. The zero-order valence-electron chi connectivity index (χ0n) is 10.5. The van der Waals surface area contributed by atoms with Gasteiger partial charge in [0, 0.05) is 0 Å². The van der Waals surface area contributed by atoms with E-state index in [1.807, 2.05) is 13.8 Å². The first-order valence-corrected chi connectivity index (χ1v) is 5.90. The maximum atomic E-state index is 5.90. The minimum Gasteiger partial charge on any atom is -0.338 e. The lowest BCUT2D eigenvalue weighted by atomic mass is 10.1. The molecule has 1 aromatic rings. The molecule has 1 fully saturated rings. The van der Waals surface area contributed by atoms with Crippen LogP contribution in [0.3, 0.4) is 0 Å². The van der Waals surface area contributed by atoms with Gasteiger partial charge in [0.2, 0.25) is 5.89 Å². The summed E-state index contributed by atoms with van der Waals surface area (Å²) in [5.41, 5.74) is 5.38. The Labute approximate surface area is 108 Å². The van der Waals surface area contributed by atoms with Crippen molar-refractivity contribution in [3.8, 4) is 0 Å². The molecule has 6 heteroatoms. The number of nitrogens with zero attached hydrogens (tertiary/aromatic N) is 3. The van der Waals surface area contributed by atoms with Crippen molar-refractivity contribution >= 4 is 12.4 Å². The SMILES string of the molecule is CC(C)(N)c1noc(CN2CCCCC2)n1.Cl. The molecule has 0 aliphatic carbocycles. The standard InChI is InChI=1S/C11H20N4O.ClH/c1-11(2,12)10-13-9(16-14-10)8-15-6-4-3-5-7-15;/h3-8,12H2,1-2H3;1H. The van der Waals surface area contributed by atoms with Gasteiger partial charge in [0.05, 0.1) is 12.1 Å². The van der Waals surface area contributed by atoms with Crippen LogP contribution in [0, 0.1) is 0 Å². The first kappa shape index (κ1) is 14.4. The van der Waals surface area contributed by atoms with E-state index in [9.17, 15) is 0 Å². The second kappa shape index (κ2) is 5.80. The summed E-state index contributed by atoms with van der Waals surface area (Å²) >= 11 is 0. The zero-order chi connectivity index (χ0) is 11.6. The molecular weight excluding hydrogens is 240 g/mol. The zero-order valence-corrected chi connectivity index (χ0v) is 11.3. The van der Waals surface area contributed by atoms with Crippen molar-refractivity contribution in [2.75, 3.05) is 13.1 Å². The maximum Gasteiger partial charge on any atom is 0.240 e. The molecule has 1 aromatic heterocycles. The normalized spacial score (nSPS) is 17.8. The first-order chi connectivity index (χ1) is 7.55. The summed E-state index contributed by atoms with van der Waals surface area (Å²) in [6.07, 6.45) is 3.87.